The Hall–Kier alpha value is -1.09. The van der Waals surface area contributed by atoms with Crippen LogP contribution in [-0.2, 0) is 4.79 Å². The lowest BCUT2D eigenvalue weighted by atomic mass is 10.2. The highest BCUT2D eigenvalue weighted by molar-refractivity contribution is 6.30. The molecule has 82 valence electrons. The van der Waals surface area contributed by atoms with Crippen LogP contribution in [0.1, 0.15) is 19.8 Å². The summed E-state index contributed by atoms with van der Waals surface area (Å²) < 4.78 is 18.2. The lowest BCUT2D eigenvalue weighted by molar-refractivity contribution is -0.117. The van der Waals surface area contributed by atoms with Crippen LogP contribution in [0, 0.1) is 5.82 Å². The van der Waals surface area contributed by atoms with Gasteiger partial charge in [-0.1, -0.05) is 11.6 Å². The van der Waals surface area contributed by atoms with E-state index in [0.29, 0.717) is 25.2 Å². The van der Waals surface area contributed by atoms with E-state index in [0.717, 1.165) is 0 Å². The van der Waals surface area contributed by atoms with Crippen LogP contribution >= 0.6 is 11.6 Å². The molecule has 1 rings (SSSR count). The molecule has 0 atom stereocenters. The number of hydrogen-bond acceptors (Lipinski definition) is 2. The molecule has 0 saturated carbocycles. The van der Waals surface area contributed by atoms with E-state index in [4.69, 9.17) is 16.3 Å². The first-order valence-corrected chi connectivity index (χ1v) is 5.04. The van der Waals surface area contributed by atoms with Gasteiger partial charge in [-0.25, -0.2) is 4.39 Å². The fraction of sp³-hybridized carbons (Fsp3) is 0.364. The van der Waals surface area contributed by atoms with Crippen molar-refractivity contribution in [3.05, 3.63) is 29.0 Å². The van der Waals surface area contributed by atoms with Crippen molar-refractivity contribution in [2.24, 2.45) is 0 Å². The number of carbonyl (C=O) groups is 1. The Labute approximate surface area is 93.0 Å². The Kier molecular flexibility index (Phi) is 4.56. The van der Waals surface area contributed by atoms with Gasteiger partial charge < -0.3 is 9.53 Å². The van der Waals surface area contributed by atoms with Gasteiger partial charge in [0, 0.05) is 12.5 Å². The number of rotatable bonds is 5. The normalized spacial score (nSPS) is 10.1. The summed E-state index contributed by atoms with van der Waals surface area (Å²) in [6.45, 7) is 1.93. The van der Waals surface area contributed by atoms with E-state index in [1.807, 2.05) is 0 Å². The summed E-state index contributed by atoms with van der Waals surface area (Å²) in [6.07, 6.45) is 1.12. The standard InChI is InChI=1S/C11H12ClFO2/c1-8(14)3-2-6-15-9-4-5-10(12)11(13)7-9/h4-5,7H,2-3,6H2,1H3. The molecule has 0 fully saturated rings. The molecule has 15 heavy (non-hydrogen) atoms. The molecule has 1 aromatic carbocycles. The summed E-state index contributed by atoms with van der Waals surface area (Å²) in [5.41, 5.74) is 0. The number of halogens is 2. The van der Waals surface area contributed by atoms with Crippen LogP contribution in [0.5, 0.6) is 5.75 Å². The quantitative estimate of drug-likeness (QED) is 0.726. The molecule has 0 radical (unpaired) electrons. The predicted molar refractivity (Wildman–Crippen MR) is 56.8 cm³/mol. The van der Waals surface area contributed by atoms with E-state index >= 15 is 0 Å². The molecule has 1 aromatic rings. The van der Waals surface area contributed by atoms with Gasteiger partial charge >= 0.3 is 0 Å². The second-order valence-electron chi connectivity index (χ2n) is 3.23. The molecule has 4 heteroatoms. The van der Waals surface area contributed by atoms with Crippen LogP contribution < -0.4 is 4.74 Å². The minimum atomic E-state index is -0.499. The average Bonchev–Trinajstić information content (AvgIpc) is 2.18. The zero-order chi connectivity index (χ0) is 11.3. The number of ether oxygens (including phenoxy) is 1. The highest BCUT2D eigenvalue weighted by Gasteiger charge is 2.01. The second kappa shape index (κ2) is 5.71. The van der Waals surface area contributed by atoms with Crippen molar-refractivity contribution in [3.63, 3.8) is 0 Å². The van der Waals surface area contributed by atoms with Crippen molar-refractivity contribution in [2.75, 3.05) is 6.61 Å². The molecule has 0 heterocycles. The highest BCUT2D eigenvalue weighted by atomic mass is 35.5. The molecular weight excluding hydrogens is 219 g/mol. The smallest absolute Gasteiger partial charge is 0.145 e. The van der Waals surface area contributed by atoms with Crippen molar-refractivity contribution in [2.45, 2.75) is 19.8 Å². The Morgan fingerprint density at radius 1 is 1.53 bits per heavy atom. The monoisotopic (exact) mass is 230 g/mol. The molecular formula is C11H12ClFO2. The number of Topliss-reactive ketones (excluding diaryl/α,β-unsaturated/α-hetero) is 1. The number of carbonyl (C=O) groups excluding carboxylic acids is 1. The Morgan fingerprint density at radius 2 is 2.27 bits per heavy atom. The molecule has 0 bridgehead atoms. The van der Waals surface area contributed by atoms with E-state index in [-0.39, 0.29) is 10.8 Å². The molecule has 0 aliphatic rings. The number of benzene rings is 1. The molecule has 0 N–H and O–H groups in total. The first-order chi connectivity index (χ1) is 7.09. The zero-order valence-electron chi connectivity index (χ0n) is 8.43. The third-order valence-electron chi connectivity index (χ3n) is 1.83. The molecule has 0 aliphatic heterocycles. The number of ketones is 1. The summed E-state index contributed by atoms with van der Waals surface area (Å²) in [4.78, 5) is 10.6. The highest BCUT2D eigenvalue weighted by Crippen LogP contribution is 2.20. The number of hydrogen-bond donors (Lipinski definition) is 0. The van der Waals surface area contributed by atoms with E-state index < -0.39 is 5.82 Å². The van der Waals surface area contributed by atoms with E-state index in [1.54, 1.807) is 6.07 Å². The Morgan fingerprint density at radius 3 is 2.87 bits per heavy atom. The van der Waals surface area contributed by atoms with Gasteiger partial charge in [0.2, 0.25) is 0 Å². The van der Waals surface area contributed by atoms with Crippen molar-refractivity contribution in [1.29, 1.82) is 0 Å². The van der Waals surface area contributed by atoms with Crippen LogP contribution in [0.15, 0.2) is 18.2 Å². The van der Waals surface area contributed by atoms with Gasteiger partial charge in [-0.3, -0.25) is 0 Å². The van der Waals surface area contributed by atoms with Crippen LogP contribution in [0.3, 0.4) is 0 Å². The largest absolute Gasteiger partial charge is 0.493 e. The average molecular weight is 231 g/mol. The molecule has 0 amide bonds. The predicted octanol–water partition coefficient (Wildman–Crippen LogP) is 3.23. The van der Waals surface area contributed by atoms with E-state index in [9.17, 15) is 9.18 Å². The van der Waals surface area contributed by atoms with Crippen LogP contribution in [0.25, 0.3) is 0 Å². The maximum atomic E-state index is 13.0. The molecule has 0 saturated heterocycles. The van der Waals surface area contributed by atoms with Gasteiger partial charge in [-0.05, 0) is 25.5 Å². The fourth-order valence-electron chi connectivity index (χ4n) is 1.08. The SMILES string of the molecule is CC(=O)CCCOc1ccc(Cl)c(F)c1. The minimum absolute atomic E-state index is 0.0751. The third kappa shape index (κ3) is 4.30. The molecule has 2 nitrogen and oxygen atoms in total. The summed E-state index contributed by atoms with van der Waals surface area (Å²) >= 11 is 5.51. The topological polar surface area (TPSA) is 26.3 Å². The van der Waals surface area contributed by atoms with Gasteiger partial charge in [0.05, 0.1) is 11.6 Å². The fourth-order valence-corrected chi connectivity index (χ4v) is 1.20. The first-order valence-electron chi connectivity index (χ1n) is 4.67. The van der Waals surface area contributed by atoms with Crippen molar-refractivity contribution in [3.8, 4) is 5.75 Å². The lowest BCUT2D eigenvalue weighted by Crippen LogP contribution is -2.00. The molecule has 0 unspecified atom stereocenters. The summed E-state index contributed by atoms with van der Waals surface area (Å²) in [5, 5.41) is 0.0751. The molecule has 0 aromatic heterocycles. The first kappa shape index (κ1) is 12.0. The zero-order valence-corrected chi connectivity index (χ0v) is 9.18. The summed E-state index contributed by atoms with van der Waals surface area (Å²) in [5.74, 6) is 0.0575. The Bertz CT molecular complexity index is 352. The van der Waals surface area contributed by atoms with Crippen molar-refractivity contribution >= 4 is 17.4 Å². The third-order valence-corrected chi connectivity index (χ3v) is 2.14. The summed E-state index contributed by atoms with van der Waals surface area (Å²) in [6, 6.07) is 4.27. The lowest BCUT2D eigenvalue weighted by Gasteiger charge is -2.05. The van der Waals surface area contributed by atoms with Crippen molar-refractivity contribution in [1.82, 2.24) is 0 Å². The van der Waals surface area contributed by atoms with E-state index in [2.05, 4.69) is 0 Å². The van der Waals surface area contributed by atoms with Crippen LogP contribution in [-0.4, -0.2) is 12.4 Å². The van der Waals surface area contributed by atoms with Gasteiger partial charge in [0.25, 0.3) is 0 Å². The Balaban J connectivity index is 2.38. The van der Waals surface area contributed by atoms with Crippen LogP contribution in [0.4, 0.5) is 4.39 Å². The van der Waals surface area contributed by atoms with Gasteiger partial charge in [0.1, 0.15) is 17.3 Å². The molecule has 0 aliphatic carbocycles. The summed E-state index contributed by atoms with van der Waals surface area (Å²) in [7, 11) is 0. The minimum Gasteiger partial charge on any atom is -0.493 e. The van der Waals surface area contributed by atoms with Gasteiger partial charge in [0.15, 0.2) is 0 Å². The molecule has 0 spiro atoms. The maximum absolute atomic E-state index is 13.0. The van der Waals surface area contributed by atoms with Crippen LogP contribution in [0.2, 0.25) is 5.02 Å². The second-order valence-corrected chi connectivity index (χ2v) is 3.64. The van der Waals surface area contributed by atoms with Gasteiger partial charge in [-0.2, -0.15) is 0 Å². The maximum Gasteiger partial charge on any atom is 0.145 e. The van der Waals surface area contributed by atoms with E-state index in [1.165, 1.54) is 19.1 Å². The van der Waals surface area contributed by atoms with Gasteiger partial charge in [-0.15, -0.1) is 0 Å². The van der Waals surface area contributed by atoms with Crippen molar-refractivity contribution < 1.29 is 13.9 Å².